The average molecular weight is 584 g/mol. The highest BCUT2D eigenvalue weighted by Gasteiger charge is 2.32. The summed E-state index contributed by atoms with van der Waals surface area (Å²) in [5.74, 6) is -0.465. The first-order chi connectivity index (χ1) is 20.0. The lowest BCUT2D eigenvalue weighted by atomic mass is 10.0. The van der Waals surface area contributed by atoms with E-state index >= 15 is 0 Å². The number of benzene rings is 4. The van der Waals surface area contributed by atoms with E-state index in [1.807, 2.05) is 24.3 Å². The van der Waals surface area contributed by atoms with Crippen LogP contribution in [0.3, 0.4) is 0 Å². The molecule has 1 fully saturated rings. The molecule has 1 N–H and O–H groups in total. The number of piperidine rings is 1. The Morgan fingerprint density at radius 3 is 2.34 bits per heavy atom. The number of likely N-dealkylation sites (tertiary alicyclic amines) is 1. The molecule has 208 valence electrons. The molecule has 0 saturated carbocycles. The lowest BCUT2D eigenvalue weighted by Crippen LogP contribution is -2.44. The van der Waals surface area contributed by atoms with Gasteiger partial charge in [-0.1, -0.05) is 66.2 Å². The minimum absolute atomic E-state index is 0.0657. The maximum absolute atomic E-state index is 13.8. The van der Waals surface area contributed by atoms with Crippen molar-refractivity contribution in [2.75, 3.05) is 18.0 Å². The zero-order valence-corrected chi connectivity index (χ0v) is 24.0. The Kier molecular flexibility index (Phi) is 8.01. The number of nitrogens with one attached hydrogen (secondary N) is 1. The summed E-state index contributed by atoms with van der Waals surface area (Å²) >= 11 is 6.24. The smallest absolute Gasteiger partial charge is 0.259 e. The molecule has 1 saturated heterocycles. The third kappa shape index (κ3) is 5.98. The van der Waals surface area contributed by atoms with Crippen molar-refractivity contribution in [1.82, 2.24) is 10.2 Å². The Balaban J connectivity index is 1.24. The molecule has 0 spiro atoms. The standard InChI is InChI=1S/C33H30ClN3O3S/c34-26-10-6-9-24(19-26)22-37-29-20-25(13-14-31(29)41(40)30-12-5-4-11-28(30)33(37)39)32(38)35-27-15-17-36(18-16-27)21-23-7-2-1-3-8-23/h1-14,19-20,27H,15-18,21-22H2,(H,35,38)/t41-/m1/s1. The fourth-order valence-corrected chi connectivity index (χ4v) is 7.08. The molecule has 0 aliphatic carbocycles. The number of fused-ring (bicyclic) bond motifs is 2. The number of rotatable bonds is 6. The van der Waals surface area contributed by atoms with Gasteiger partial charge in [-0.25, -0.2) is 4.21 Å². The van der Waals surface area contributed by atoms with Gasteiger partial charge in [0.1, 0.15) is 0 Å². The van der Waals surface area contributed by atoms with Gasteiger partial charge in [0.05, 0.1) is 38.4 Å². The van der Waals surface area contributed by atoms with Gasteiger partial charge < -0.3 is 10.2 Å². The average Bonchev–Trinajstić information content (AvgIpc) is 3.08. The molecular formula is C33H30ClN3O3S. The first kappa shape index (κ1) is 27.4. The first-order valence-corrected chi connectivity index (χ1v) is 15.3. The molecule has 0 bridgehead atoms. The summed E-state index contributed by atoms with van der Waals surface area (Å²) < 4.78 is 13.7. The van der Waals surface area contributed by atoms with Crippen LogP contribution >= 0.6 is 11.6 Å². The maximum atomic E-state index is 13.8. The summed E-state index contributed by atoms with van der Waals surface area (Å²) in [5, 5.41) is 3.76. The largest absolute Gasteiger partial charge is 0.349 e. The van der Waals surface area contributed by atoms with Crippen molar-refractivity contribution in [3.63, 3.8) is 0 Å². The van der Waals surface area contributed by atoms with Crippen molar-refractivity contribution in [1.29, 1.82) is 0 Å². The van der Waals surface area contributed by atoms with Crippen LogP contribution in [-0.2, 0) is 23.9 Å². The summed E-state index contributed by atoms with van der Waals surface area (Å²) in [7, 11) is -1.59. The number of carbonyl (C=O) groups excluding carboxylic acids is 2. The molecule has 41 heavy (non-hydrogen) atoms. The number of hydrogen-bond acceptors (Lipinski definition) is 4. The molecule has 2 amide bonds. The van der Waals surface area contributed by atoms with Crippen LogP contribution < -0.4 is 10.2 Å². The summed E-state index contributed by atoms with van der Waals surface area (Å²) in [6, 6.07) is 29.9. The molecule has 6 rings (SSSR count). The Bertz CT molecular complexity index is 1620. The molecule has 0 unspecified atom stereocenters. The van der Waals surface area contributed by atoms with E-state index in [1.165, 1.54) is 5.56 Å². The van der Waals surface area contributed by atoms with E-state index < -0.39 is 10.8 Å². The summed E-state index contributed by atoms with van der Waals surface area (Å²) in [6.07, 6.45) is 1.73. The SMILES string of the molecule is O=C(NC1CCN(Cc2ccccc2)CC1)c1ccc2c(c1)N(Cc1cccc(Cl)c1)C(=O)c1ccccc1[S@]2=O. The van der Waals surface area contributed by atoms with Crippen LogP contribution in [0.15, 0.2) is 107 Å². The second-order valence-corrected chi connectivity index (χ2v) is 12.3. The lowest BCUT2D eigenvalue weighted by molar-refractivity contribution is 0.0907. The van der Waals surface area contributed by atoms with Crippen LogP contribution in [0.5, 0.6) is 0 Å². The molecule has 0 radical (unpaired) electrons. The summed E-state index contributed by atoms with van der Waals surface area (Å²) in [6.45, 7) is 2.94. The second kappa shape index (κ2) is 12.0. The fourth-order valence-electron chi connectivity index (χ4n) is 5.53. The molecule has 4 aromatic carbocycles. The van der Waals surface area contributed by atoms with Crippen molar-refractivity contribution in [2.24, 2.45) is 0 Å². The topological polar surface area (TPSA) is 69.7 Å². The molecular weight excluding hydrogens is 554 g/mol. The van der Waals surface area contributed by atoms with Crippen LogP contribution in [0.2, 0.25) is 5.02 Å². The van der Waals surface area contributed by atoms with Gasteiger partial charge in [0, 0.05) is 36.3 Å². The van der Waals surface area contributed by atoms with Gasteiger partial charge >= 0.3 is 0 Å². The Labute approximate surface area is 247 Å². The Hall–Kier alpha value is -3.78. The third-order valence-corrected chi connectivity index (χ3v) is 9.41. The van der Waals surface area contributed by atoms with E-state index in [2.05, 4.69) is 34.5 Å². The molecule has 0 aromatic heterocycles. The predicted octanol–water partition coefficient (Wildman–Crippen LogP) is 6.06. The molecule has 2 aliphatic rings. The number of nitrogens with zero attached hydrogens (tertiary/aromatic N) is 2. The molecule has 2 heterocycles. The van der Waals surface area contributed by atoms with Crippen LogP contribution in [-0.4, -0.2) is 40.1 Å². The highest BCUT2D eigenvalue weighted by molar-refractivity contribution is 7.85. The maximum Gasteiger partial charge on any atom is 0.259 e. The van der Waals surface area contributed by atoms with Crippen LogP contribution in [0.4, 0.5) is 5.69 Å². The van der Waals surface area contributed by atoms with Crippen LogP contribution in [0.1, 0.15) is 44.7 Å². The van der Waals surface area contributed by atoms with Crippen LogP contribution in [0, 0.1) is 0 Å². The zero-order chi connectivity index (χ0) is 28.3. The highest BCUT2D eigenvalue weighted by atomic mass is 35.5. The van der Waals surface area contributed by atoms with Crippen LogP contribution in [0.25, 0.3) is 0 Å². The molecule has 8 heteroatoms. The molecule has 6 nitrogen and oxygen atoms in total. The van der Waals surface area contributed by atoms with Gasteiger partial charge in [0.15, 0.2) is 0 Å². The monoisotopic (exact) mass is 583 g/mol. The molecule has 4 aromatic rings. The zero-order valence-electron chi connectivity index (χ0n) is 22.5. The van der Waals surface area contributed by atoms with Crippen molar-refractivity contribution < 1.29 is 13.8 Å². The van der Waals surface area contributed by atoms with E-state index in [-0.39, 0.29) is 24.4 Å². The minimum Gasteiger partial charge on any atom is -0.349 e. The van der Waals surface area contributed by atoms with Crippen molar-refractivity contribution >= 4 is 39.9 Å². The van der Waals surface area contributed by atoms with Gasteiger partial charge in [0.2, 0.25) is 0 Å². The van der Waals surface area contributed by atoms with Crippen molar-refractivity contribution in [2.45, 2.75) is 41.8 Å². The lowest BCUT2D eigenvalue weighted by Gasteiger charge is -2.32. The minimum atomic E-state index is -1.59. The third-order valence-electron chi connectivity index (χ3n) is 7.68. The van der Waals surface area contributed by atoms with Gasteiger partial charge in [-0.05, 0) is 66.4 Å². The van der Waals surface area contributed by atoms with Gasteiger partial charge in [-0.3, -0.25) is 14.5 Å². The summed E-state index contributed by atoms with van der Waals surface area (Å²) in [4.78, 5) is 32.2. The van der Waals surface area contributed by atoms with E-state index in [0.717, 1.165) is 38.0 Å². The van der Waals surface area contributed by atoms with E-state index in [1.54, 1.807) is 53.4 Å². The predicted molar refractivity (Wildman–Crippen MR) is 162 cm³/mol. The van der Waals surface area contributed by atoms with E-state index in [9.17, 15) is 13.8 Å². The van der Waals surface area contributed by atoms with Crippen molar-refractivity contribution in [3.8, 4) is 0 Å². The number of amides is 2. The van der Waals surface area contributed by atoms with Crippen molar-refractivity contribution in [3.05, 3.63) is 124 Å². The highest BCUT2D eigenvalue weighted by Crippen LogP contribution is 2.36. The summed E-state index contributed by atoms with van der Waals surface area (Å²) in [5.41, 5.74) is 3.41. The number of anilines is 1. The second-order valence-electron chi connectivity index (χ2n) is 10.5. The number of hydrogen-bond donors (Lipinski definition) is 1. The Morgan fingerprint density at radius 1 is 0.829 bits per heavy atom. The van der Waals surface area contributed by atoms with Gasteiger partial charge in [-0.15, -0.1) is 0 Å². The molecule has 1 atom stereocenters. The number of halogens is 1. The number of carbonyl (C=O) groups is 2. The Morgan fingerprint density at radius 2 is 1.56 bits per heavy atom. The normalized spacial score (nSPS) is 17.4. The fraction of sp³-hybridized carbons (Fsp3) is 0.212. The van der Waals surface area contributed by atoms with Gasteiger partial charge in [0.25, 0.3) is 11.8 Å². The quantitative estimate of drug-likeness (QED) is 0.299. The van der Waals surface area contributed by atoms with Gasteiger partial charge in [-0.2, -0.15) is 0 Å². The molecule has 2 aliphatic heterocycles. The first-order valence-electron chi connectivity index (χ1n) is 13.7. The van der Waals surface area contributed by atoms with E-state index in [0.29, 0.717) is 31.6 Å². The van der Waals surface area contributed by atoms with E-state index in [4.69, 9.17) is 11.6 Å².